The van der Waals surface area contributed by atoms with Crippen LogP contribution in [0.5, 0.6) is 0 Å². The Balaban J connectivity index is 1.68. The molecule has 12 unspecified atom stereocenters. The van der Waals surface area contributed by atoms with Gasteiger partial charge in [0.1, 0.15) is 48.8 Å². The Hall–Kier alpha value is -3.09. The van der Waals surface area contributed by atoms with Crippen LogP contribution in [-0.2, 0) is 23.7 Å². The highest BCUT2D eigenvalue weighted by Gasteiger charge is 2.51. The van der Waals surface area contributed by atoms with Gasteiger partial charge in [-0.2, -0.15) is 0 Å². The third-order valence-electron chi connectivity index (χ3n) is 17.1. The third kappa shape index (κ3) is 42.7. The lowest BCUT2D eigenvalue weighted by Gasteiger charge is -2.46. The zero-order valence-electron chi connectivity index (χ0n) is 55.9. The molecule has 0 aromatic carbocycles. The van der Waals surface area contributed by atoms with E-state index in [0.29, 0.717) is 12.8 Å². The van der Waals surface area contributed by atoms with Crippen LogP contribution in [0.1, 0.15) is 277 Å². The van der Waals surface area contributed by atoms with E-state index in [4.69, 9.17) is 18.9 Å². The van der Waals surface area contributed by atoms with Crippen molar-refractivity contribution in [2.24, 2.45) is 0 Å². The van der Waals surface area contributed by atoms with E-state index in [1.807, 2.05) is 0 Å². The van der Waals surface area contributed by atoms with Crippen LogP contribution in [0.3, 0.4) is 0 Å². The first-order valence-electron chi connectivity index (χ1n) is 36.0. The van der Waals surface area contributed by atoms with Crippen molar-refractivity contribution in [1.82, 2.24) is 5.32 Å². The van der Waals surface area contributed by atoms with Crippen molar-refractivity contribution in [3.8, 4) is 0 Å². The van der Waals surface area contributed by atoms with E-state index in [0.717, 1.165) is 116 Å². The lowest BCUT2D eigenvalue weighted by molar-refractivity contribution is -0.359. The Bertz CT molecular complexity index is 1860. The summed E-state index contributed by atoms with van der Waals surface area (Å²) in [5.41, 5.74) is 0. The fraction of sp³-hybridized carbons (Fsp3) is 0.773. The molecular weight excluding hydrogens is 1120 g/mol. The van der Waals surface area contributed by atoms with Crippen molar-refractivity contribution in [3.05, 3.63) is 97.2 Å². The zero-order chi connectivity index (χ0) is 64.5. The van der Waals surface area contributed by atoms with Crippen molar-refractivity contribution in [1.29, 1.82) is 0 Å². The molecule has 14 nitrogen and oxygen atoms in total. The Morgan fingerprint density at radius 1 is 0.416 bits per heavy atom. The molecule has 2 heterocycles. The summed E-state index contributed by atoms with van der Waals surface area (Å²) in [6.45, 7) is 2.76. The van der Waals surface area contributed by atoms with Gasteiger partial charge in [0.05, 0.1) is 32.0 Å². The van der Waals surface area contributed by atoms with Crippen LogP contribution in [0, 0.1) is 0 Å². The first-order chi connectivity index (χ1) is 43.6. The normalized spacial score (nSPS) is 23.6. The molecule has 2 aliphatic rings. The van der Waals surface area contributed by atoms with E-state index < -0.39 is 86.8 Å². The van der Waals surface area contributed by atoms with Crippen molar-refractivity contribution in [3.63, 3.8) is 0 Å². The van der Waals surface area contributed by atoms with E-state index in [2.05, 4.69) is 116 Å². The molecule has 2 fully saturated rings. The van der Waals surface area contributed by atoms with Gasteiger partial charge in [-0.15, -0.1) is 0 Å². The van der Waals surface area contributed by atoms with Crippen LogP contribution in [0.15, 0.2) is 97.2 Å². The summed E-state index contributed by atoms with van der Waals surface area (Å²) in [7, 11) is 0. The number of hydrogen-bond acceptors (Lipinski definition) is 13. The van der Waals surface area contributed by atoms with Crippen LogP contribution < -0.4 is 5.32 Å². The van der Waals surface area contributed by atoms with Gasteiger partial charge in [0, 0.05) is 6.42 Å². The summed E-state index contributed by atoms with van der Waals surface area (Å²) >= 11 is 0. The van der Waals surface area contributed by atoms with Gasteiger partial charge in [0.25, 0.3) is 0 Å². The summed E-state index contributed by atoms with van der Waals surface area (Å²) in [6, 6.07) is -0.846. The standard InChI is InChI=1S/C75H131NO13/c1-3-5-7-9-11-13-15-17-19-21-23-25-27-29-30-31-32-33-34-35-37-39-41-43-45-47-49-51-53-55-57-59-67(80)76-63(62-86-74-72(85)70(83)73(66(61-78)88-74)89-75-71(84)69(82)68(81)65(60-77)87-75)64(79)58-56-54-52-50-48-46-44-42-40-38-36-28-26-24-22-20-18-16-14-12-10-8-6-4-2/h5,7,11,13,17,19,23,25,29-30,32-33,35,37,41,43,63-66,68-75,77-79,81-85H,3-4,6,8-10,12,14-16,18,20-22,24,26-28,31,34,36,38-40,42,44-62H2,1-2H3,(H,76,80)/b7-5-,13-11-,19-17-,25-23-,30-29-,33-32-,37-35-,43-41-. The minimum absolute atomic E-state index is 0.222. The van der Waals surface area contributed by atoms with Crippen LogP contribution in [0.4, 0.5) is 0 Å². The van der Waals surface area contributed by atoms with Crippen molar-refractivity contribution >= 4 is 5.91 Å². The Kier molecular flexibility index (Phi) is 54.1. The Morgan fingerprint density at radius 2 is 0.775 bits per heavy atom. The van der Waals surface area contributed by atoms with Crippen molar-refractivity contribution < 1.29 is 64.6 Å². The average molecular weight is 1250 g/mol. The maximum Gasteiger partial charge on any atom is 0.220 e. The third-order valence-corrected chi connectivity index (χ3v) is 17.1. The number of amides is 1. The molecule has 0 saturated carbocycles. The molecule has 14 heteroatoms. The zero-order valence-corrected chi connectivity index (χ0v) is 55.9. The van der Waals surface area contributed by atoms with E-state index in [1.165, 1.54) is 128 Å². The smallest absolute Gasteiger partial charge is 0.220 e. The van der Waals surface area contributed by atoms with Gasteiger partial charge in [0.2, 0.25) is 5.91 Å². The molecule has 89 heavy (non-hydrogen) atoms. The maximum absolute atomic E-state index is 13.4. The molecular formula is C75H131NO13. The Morgan fingerprint density at radius 3 is 1.19 bits per heavy atom. The van der Waals surface area contributed by atoms with Crippen LogP contribution in [-0.4, -0.2) is 140 Å². The fourth-order valence-corrected chi connectivity index (χ4v) is 11.4. The summed E-state index contributed by atoms with van der Waals surface area (Å²) in [4.78, 5) is 13.4. The minimum Gasteiger partial charge on any atom is -0.394 e. The van der Waals surface area contributed by atoms with E-state index >= 15 is 0 Å². The summed E-state index contributed by atoms with van der Waals surface area (Å²) in [5.74, 6) is -0.222. The number of aliphatic hydroxyl groups is 8. The highest BCUT2D eigenvalue weighted by Crippen LogP contribution is 2.30. The second-order valence-electron chi connectivity index (χ2n) is 25.0. The molecule has 0 bridgehead atoms. The molecule has 0 radical (unpaired) electrons. The van der Waals surface area contributed by atoms with E-state index in [-0.39, 0.29) is 18.9 Å². The van der Waals surface area contributed by atoms with Gasteiger partial charge >= 0.3 is 0 Å². The number of hydrogen-bond donors (Lipinski definition) is 9. The Labute approximate surface area is 541 Å². The number of rotatable bonds is 58. The van der Waals surface area contributed by atoms with E-state index in [1.54, 1.807) is 0 Å². The number of carbonyl (C=O) groups is 1. The quantitative estimate of drug-likeness (QED) is 0.0204. The SMILES string of the molecule is CC/C=C\C/C=C\C/C=C\C/C=C\C/C=C\C/C=C\C/C=C\C/C=C\CCCCCCCCC(=O)NC(COC1OC(CO)C(OC2OC(CO)C(O)C(O)C2O)C(O)C1O)C(O)CCCCCCCCCCCCCCCCCCCCCCCCCC. The molecule has 2 saturated heterocycles. The molecule has 0 aromatic rings. The van der Waals surface area contributed by atoms with Gasteiger partial charge in [0.15, 0.2) is 12.6 Å². The lowest BCUT2D eigenvalue weighted by atomic mass is 9.97. The van der Waals surface area contributed by atoms with E-state index in [9.17, 15) is 45.6 Å². The number of aliphatic hydroxyl groups excluding tert-OH is 8. The lowest BCUT2D eigenvalue weighted by Crippen LogP contribution is -2.65. The maximum atomic E-state index is 13.4. The molecule has 12 atom stereocenters. The minimum atomic E-state index is -1.79. The number of allylic oxidation sites excluding steroid dienone is 16. The number of carbonyl (C=O) groups excluding carboxylic acids is 1. The summed E-state index contributed by atoms with van der Waals surface area (Å²) in [5, 5.41) is 87.7. The van der Waals surface area contributed by atoms with Crippen LogP contribution in [0.2, 0.25) is 0 Å². The monoisotopic (exact) mass is 1250 g/mol. The molecule has 514 valence electrons. The second-order valence-corrected chi connectivity index (χ2v) is 25.0. The summed E-state index contributed by atoms with van der Waals surface area (Å²) in [6.07, 6.45) is 65.5. The molecule has 0 spiro atoms. The highest BCUT2D eigenvalue weighted by molar-refractivity contribution is 5.76. The summed E-state index contributed by atoms with van der Waals surface area (Å²) < 4.78 is 22.9. The van der Waals surface area contributed by atoms with Gasteiger partial charge in [-0.05, 0) is 77.0 Å². The number of ether oxygens (including phenoxy) is 4. The predicted octanol–water partition coefficient (Wildman–Crippen LogP) is 15.0. The van der Waals surface area contributed by atoms with Gasteiger partial charge < -0.3 is 65.1 Å². The first kappa shape index (κ1) is 82.0. The van der Waals surface area contributed by atoms with Crippen molar-refractivity contribution in [2.75, 3.05) is 19.8 Å². The van der Waals surface area contributed by atoms with Gasteiger partial charge in [-0.1, -0.05) is 291 Å². The van der Waals surface area contributed by atoms with Crippen molar-refractivity contribution in [2.45, 2.75) is 351 Å². The second kappa shape index (κ2) is 58.7. The first-order valence-corrected chi connectivity index (χ1v) is 36.0. The molecule has 1 amide bonds. The van der Waals surface area contributed by atoms with Crippen LogP contribution >= 0.6 is 0 Å². The van der Waals surface area contributed by atoms with Gasteiger partial charge in [-0.3, -0.25) is 4.79 Å². The molecule has 9 N–H and O–H groups in total. The topological polar surface area (TPSA) is 228 Å². The highest BCUT2D eigenvalue weighted by atomic mass is 16.7. The number of nitrogens with one attached hydrogen (secondary N) is 1. The van der Waals surface area contributed by atoms with Gasteiger partial charge in [-0.25, -0.2) is 0 Å². The van der Waals surface area contributed by atoms with Crippen LogP contribution in [0.25, 0.3) is 0 Å². The largest absolute Gasteiger partial charge is 0.394 e. The molecule has 2 rings (SSSR count). The average Bonchev–Trinajstić information content (AvgIpc) is 2.53. The molecule has 0 aliphatic carbocycles. The number of unbranched alkanes of at least 4 members (excludes halogenated alkanes) is 29. The predicted molar refractivity (Wildman–Crippen MR) is 364 cm³/mol. The molecule has 2 aliphatic heterocycles. The molecule has 0 aromatic heterocycles. The fourth-order valence-electron chi connectivity index (χ4n) is 11.4.